The second-order valence-corrected chi connectivity index (χ2v) is 7.93. The van der Waals surface area contributed by atoms with Crippen LogP contribution in [0.5, 0.6) is 0 Å². The molecule has 0 heterocycles. The fourth-order valence-corrected chi connectivity index (χ4v) is 2.47. The van der Waals surface area contributed by atoms with Gasteiger partial charge in [-0.3, -0.25) is 13.9 Å². The van der Waals surface area contributed by atoms with E-state index in [9.17, 15) is 4.79 Å². The Hall–Kier alpha value is 0.300. The fourth-order valence-electron chi connectivity index (χ4n) is 2.47. The Morgan fingerprint density at radius 2 is 1.33 bits per heavy atom. The van der Waals surface area contributed by atoms with Gasteiger partial charge in [-0.1, -0.05) is 78.6 Å². The van der Waals surface area contributed by atoms with Crippen molar-refractivity contribution < 1.29 is 58.0 Å². The van der Waals surface area contributed by atoms with Gasteiger partial charge in [0.2, 0.25) is 0 Å². The van der Waals surface area contributed by atoms with Crippen molar-refractivity contribution in [3.63, 3.8) is 0 Å². The summed E-state index contributed by atoms with van der Waals surface area (Å²) in [6.07, 6.45) is 13.6. The second-order valence-electron chi connectivity index (χ2n) is 7.03. The zero-order chi connectivity index (χ0) is 20.4. The Bertz CT molecular complexity index is 430. The van der Waals surface area contributed by atoms with Gasteiger partial charge in [0.25, 0.3) is 0 Å². The fraction of sp³-hybridized carbons (Fsp3) is 0.944. The van der Waals surface area contributed by atoms with E-state index in [0.29, 0.717) is 18.9 Å². The number of carbonyl (C=O) groups excluding carboxylic acids is 1. The van der Waals surface area contributed by atoms with Crippen LogP contribution in [0.25, 0.3) is 0 Å². The molecule has 0 aliphatic carbocycles. The largest absolute Gasteiger partial charge is 1.00 e. The molecular weight excluding hydrogens is 381 g/mol. The van der Waals surface area contributed by atoms with Crippen molar-refractivity contribution >= 4 is 16.4 Å². The molecule has 160 valence electrons. The Morgan fingerprint density at radius 3 is 1.70 bits per heavy atom. The van der Waals surface area contributed by atoms with Gasteiger partial charge in [-0.15, -0.1) is 0 Å². The average Bonchev–Trinajstić information content (AvgIpc) is 2.50. The first-order valence-corrected chi connectivity index (χ1v) is 11.1. The minimum Gasteiger partial charge on any atom is -1.00 e. The van der Waals surface area contributed by atoms with Crippen LogP contribution in [-0.2, 0) is 19.9 Å². The Labute approximate surface area is 189 Å². The Morgan fingerprint density at radius 1 is 0.963 bits per heavy atom. The minimum absolute atomic E-state index is 0. The van der Waals surface area contributed by atoms with Crippen molar-refractivity contribution in [1.29, 1.82) is 0 Å². The van der Waals surface area contributed by atoms with Crippen molar-refractivity contribution in [2.45, 2.75) is 97.4 Å². The summed E-state index contributed by atoms with van der Waals surface area (Å²) in [5.41, 5.74) is 5.77. The van der Waals surface area contributed by atoms with Crippen molar-refractivity contribution in [2.75, 3.05) is 6.61 Å². The third kappa shape index (κ3) is 34.2. The molecule has 0 saturated carbocycles. The quantitative estimate of drug-likeness (QED) is 0.167. The van der Waals surface area contributed by atoms with Gasteiger partial charge in [0.1, 0.15) is 6.04 Å². The van der Waals surface area contributed by atoms with E-state index in [-0.39, 0.29) is 37.0 Å². The van der Waals surface area contributed by atoms with Gasteiger partial charge in [0.15, 0.2) is 0 Å². The smallest absolute Gasteiger partial charge is 1.00 e. The van der Waals surface area contributed by atoms with Gasteiger partial charge in [-0.25, -0.2) is 0 Å². The van der Waals surface area contributed by atoms with E-state index in [1.165, 1.54) is 51.4 Å². The van der Waals surface area contributed by atoms with E-state index < -0.39 is 16.4 Å². The molecule has 0 radical (unpaired) electrons. The number of carbonyl (C=O) groups is 1. The Kier molecular flexibility index (Phi) is 24.9. The van der Waals surface area contributed by atoms with Crippen LogP contribution in [0.2, 0.25) is 0 Å². The summed E-state index contributed by atoms with van der Waals surface area (Å²) >= 11 is 0. The number of unbranched alkanes of at least 4 members (excludes halogenated alkanes) is 9. The number of ether oxygens (including phenoxy) is 1. The maximum atomic E-state index is 11.6. The standard InChI is InChI=1S/C18H37NO2.Na.H2O4S.H/c1-4-5-6-7-8-9-10-11-12-13-14-21-18(20)17(19)15-16(2)3;;1-5(2,3)4;/h16-17H,4-15,19H2,1-3H3;;(H2,1,2,3,4);/q;+1;;-1/t17-;;;/m0.../s1. The van der Waals surface area contributed by atoms with Crippen LogP contribution < -0.4 is 35.3 Å². The topological polar surface area (TPSA) is 127 Å². The van der Waals surface area contributed by atoms with E-state index in [4.69, 9.17) is 28.0 Å². The van der Waals surface area contributed by atoms with Crippen molar-refractivity contribution in [3.05, 3.63) is 0 Å². The molecule has 0 spiro atoms. The van der Waals surface area contributed by atoms with Gasteiger partial charge in [0, 0.05) is 0 Å². The Balaban J connectivity index is -0.000000364. The molecule has 0 amide bonds. The van der Waals surface area contributed by atoms with E-state index in [1.807, 2.05) is 0 Å². The third-order valence-electron chi connectivity index (χ3n) is 3.77. The molecule has 27 heavy (non-hydrogen) atoms. The minimum atomic E-state index is -4.67. The maximum Gasteiger partial charge on any atom is 1.00 e. The molecule has 0 aromatic carbocycles. The van der Waals surface area contributed by atoms with Crippen LogP contribution in [0.4, 0.5) is 0 Å². The molecule has 0 saturated heterocycles. The predicted molar refractivity (Wildman–Crippen MR) is 106 cm³/mol. The molecule has 0 fully saturated rings. The number of nitrogens with two attached hydrogens (primary N) is 1. The molecule has 4 N–H and O–H groups in total. The zero-order valence-corrected chi connectivity index (χ0v) is 20.5. The summed E-state index contributed by atoms with van der Waals surface area (Å²) in [4.78, 5) is 11.6. The van der Waals surface area contributed by atoms with Crippen LogP contribution in [0, 0.1) is 5.92 Å². The maximum absolute atomic E-state index is 11.6. The molecule has 0 aromatic rings. The van der Waals surface area contributed by atoms with Crippen LogP contribution in [0.15, 0.2) is 0 Å². The van der Waals surface area contributed by atoms with Crippen molar-refractivity contribution in [2.24, 2.45) is 11.7 Å². The van der Waals surface area contributed by atoms with Gasteiger partial charge in [-0.05, 0) is 18.8 Å². The van der Waals surface area contributed by atoms with E-state index >= 15 is 0 Å². The third-order valence-corrected chi connectivity index (χ3v) is 3.77. The molecule has 0 aromatic heterocycles. The van der Waals surface area contributed by atoms with E-state index in [0.717, 1.165) is 12.8 Å². The molecule has 1 atom stereocenters. The van der Waals surface area contributed by atoms with Crippen molar-refractivity contribution in [3.8, 4) is 0 Å². The molecule has 0 unspecified atom stereocenters. The summed E-state index contributed by atoms with van der Waals surface area (Å²) in [7, 11) is -4.67. The number of esters is 1. The molecule has 0 aliphatic heterocycles. The van der Waals surface area contributed by atoms with Gasteiger partial charge in [-0.2, -0.15) is 8.42 Å². The monoisotopic (exact) mass is 421 g/mol. The zero-order valence-electron chi connectivity index (χ0n) is 18.7. The molecule has 0 bridgehead atoms. The molecule has 9 heteroatoms. The summed E-state index contributed by atoms with van der Waals surface area (Å²) in [5.74, 6) is 0.199. The summed E-state index contributed by atoms with van der Waals surface area (Å²) in [6, 6.07) is -0.451. The van der Waals surface area contributed by atoms with Gasteiger partial charge < -0.3 is 11.9 Å². The first kappa shape index (κ1) is 32.0. The SMILES string of the molecule is CCCCCCCCCCCCOC(=O)[C@@H](N)CC(C)C.O=S(=O)(O)O.[H-].[Na+]. The first-order chi connectivity index (χ1) is 12.1. The van der Waals surface area contributed by atoms with E-state index in [1.54, 1.807) is 0 Å². The summed E-state index contributed by atoms with van der Waals surface area (Å²) in [6.45, 7) is 6.91. The van der Waals surface area contributed by atoms with Crippen LogP contribution in [0.3, 0.4) is 0 Å². The predicted octanol–water partition coefficient (Wildman–Crippen LogP) is 1.29. The molecule has 0 aliphatic rings. The number of hydrogen-bond acceptors (Lipinski definition) is 5. The summed E-state index contributed by atoms with van der Waals surface area (Å²) in [5, 5.41) is 0. The number of rotatable bonds is 14. The van der Waals surface area contributed by atoms with Crippen molar-refractivity contribution in [1.82, 2.24) is 0 Å². The normalized spacial score (nSPS) is 12.0. The summed E-state index contributed by atoms with van der Waals surface area (Å²) < 4.78 is 36.8. The molecule has 0 rings (SSSR count). The first-order valence-electron chi connectivity index (χ1n) is 9.70. The van der Waals surface area contributed by atoms with Crippen LogP contribution in [-0.4, -0.2) is 36.1 Å². The van der Waals surface area contributed by atoms with Crippen LogP contribution >= 0.6 is 0 Å². The molecular formula is C18H40NNaO6S. The molecule has 7 nitrogen and oxygen atoms in total. The second kappa shape index (κ2) is 21.0. The van der Waals surface area contributed by atoms with Crippen LogP contribution in [0.1, 0.15) is 92.8 Å². The van der Waals surface area contributed by atoms with Gasteiger partial charge in [0.05, 0.1) is 6.61 Å². The number of hydrogen-bond donors (Lipinski definition) is 3. The average molecular weight is 422 g/mol. The van der Waals surface area contributed by atoms with Gasteiger partial charge >= 0.3 is 45.9 Å². The van der Waals surface area contributed by atoms with E-state index in [2.05, 4.69) is 20.8 Å².